The van der Waals surface area contributed by atoms with Crippen molar-refractivity contribution in [3.05, 3.63) is 71.8 Å². The fourth-order valence-corrected chi connectivity index (χ4v) is 3.54. The quantitative estimate of drug-likeness (QED) is 0.640. The number of guanidine groups is 1. The van der Waals surface area contributed by atoms with Crippen molar-refractivity contribution in [1.29, 1.82) is 0 Å². The van der Waals surface area contributed by atoms with Gasteiger partial charge in [0.2, 0.25) is 0 Å². The SMILES string of the molecule is CN=C(NCC(C)c1ccccc1OC)N1CC=C(c2ccccc2)CC1. The van der Waals surface area contributed by atoms with Gasteiger partial charge in [-0.1, -0.05) is 61.5 Å². The second-order valence-electron chi connectivity index (χ2n) is 6.86. The molecule has 0 saturated carbocycles. The van der Waals surface area contributed by atoms with Crippen LogP contribution >= 0.6 is 0 Å². The zero-order chi connectivity index (χ0) is 19.1. The van der Waals surface area contributed by atoms with E-state index in [1.165, 1.54) is 16.7 Å². The third-order valence-corrected chi connectivity index (χ3v) is 5.10. The van der Waals surface area contributed by atoms with E-state index in [1.54, 1.807) is 7.11 Å². The van der Waals surface area contributed by atoms with Crippen molar-refractivity contribution in [1.82, 2.24) is 10.2 Å². The maximum Gasteiger partial charge on any atom is 0.193 e. The number of nitrogens with one attached hydrogen (secondary N) is 1. The lowest BCUT2D eigenvalue weighted by Gasteiger charge is -2.30. The Labute approximate surface area is 162 Å². The van der Waals surface area contributed by atoms with Crippen LogP contribution in [-0.2, 0) is 0 Å². The first-order valence-corrected chi connectivity index (χ1v) is 9.56. The summed E-state index contributed by atoms with van der Waals surface area (Å²) in [5.74, 6) is 2.23. The predicted molar refractivity (Wildman–Crippen MR) is 113 cm³/mol. The molecule has 0 fully saturated rings. The van der Waals surface area contributed by atoms with Gasteiger partial charge in [-0.05, 0) is 29.2 Å². The van der Waals surface area contributed by atoms with Gasteiger partial charge in [-0.25, -0.2) is 0 Å². The molecule has 0 aliphatic carbocycles. The summed E-state index contributed by atoms with van der Waals surface area (Å²) in [6, 6.07) is 18.8. The first-order valence-electron chi connectivity index (χ1n) is 9.56. The van der Waals surface area contributed by atoms with E-state index < -0.39 is 0 Å². The summed E-state index contributed by atoms with van der Waals surface area (Å²) in [6.45, 7) is 4.89. The Morgan fingerprint density at radius 1 is 1.15 bits per heavy atom. The normalized spacial score (nSPS) is 15.9. The van der Waals surface area contributed by atoms with E-state index in [4.69, 9.17) is 4.74 Å². The van der Waals surface area contributed by atoms with Crippen molar-refractivity contribution in [3.8, 4) is 5.75 Å². The van der Waals surface area contributed by atoms with Crippen molar-refractivity contribution >= 4 is 11.5 Å². The van der Waals surface area contributed by atoms with E-state index >= 15 is 0 Å². The van der Waals surface area contributed by atoms with E-state index in [-0.39, 0.29) is 0 Å². The molecule has 1 unspecified atom stereocenters. The fraction of sp³-hybridized carbons (Fsp3) is 0.348. The molecule has 1 N–H and O–H groups in total. The summed E-state index contributed by atoms with van der Waals surface area (Å²) in [7, 11) is 3.58. The van der Waals surface area contributed by atoms with Crippen molar-refractivity contribution in [2.75, 3.05) is 33.8 Å². The van der Waals surface area contributed by atoms with Gasteiger partial charge in [0.25, 0.3) is 0 Å². The van der Waals surface area contributed by atoms with E-state index in [0.29, 0.717) is 5.92 Å². The molecular formula is C23H29N3O. The minimum Gasteiger partial charge on any atom is -0.496 e. The van der Waals surface area contributed by atoms with Gasteiger partial charge < -0.3 is 15.0 Å². The van der Waals surface area contributed by atoms with E-state index in [0.717, 1.165) is 37.8 Å². The summed E-state index contributed by atoms with van der Waals surface area (Å²) in [5.41, 5.74) is 3.96. The monoisotopic (exact) mass is 363 g/mol. The van der Waals surface area contributed by atoms with Gasteiger partial charge in [0, 0.05) is 32.6 Å². The van der Waals surface area contributed by atoms with Gasteiger partial charge in [-0.3, -0.25) is 4.99 Å². The lowest BCUT2D eigenvalue weighted by molar-refractivity contribution is 0.405. The van der Waals surface area contributed by atoms with Crippen molar-refractivity contribution in [2.24, 2.45) is 4.99 Å². The van der Waals surface area contributed by atoms with Gasteiger partial charge in [0.1, 0.15) is 5.75 Å². The van der Waals surface area contributed by atoms with Crippen molar-refractivity contribution in [2.45, 2.75) is 19.3 Å². The molecule has 2 aromatic rings. The summed E-state index contributed by atoms with van der Waals surface area (Å²) in [6.07, 6.45) is 3.35. The van der Waals surface area contributed by atoms with Crippen molar-refractivity contribution in [3.63, 3.8) is 0 Å². The lowest BCUT2D eigenvalue weighted by Crippen LogP contribution is -2.44. The van der Waals surface area contributed by atoms with Crippen LogP contribution in [0, 0.1) is 0 Å². The number of aliphatic imine (C=N–C) groups is 1. The number of ether oxygens (including phenoxy) is 1. The molecule has 4 nitrogen and oxygen atoms in total. The summed E-state index contributed by atoms with van der Waals surface area (Å²) in [4.78, 5) is 6.80. The highest BCUT2D eigenvalue weighted by Crippen LogP contribution is 2.26. The molecule has 0 bridgehead atoms. The van der Waals surface area contributed by atoms with E-state index in [2.05, 4.69) is 70.7 Å². The standard InChI is InChI=1S/C23H29N3O/c1-18(21-11-7-8-12-22(21)27-3)17-25-23(24-2)26-15-13-20(14-16-26)19-9-5-4-6-10-19/h4-13,18H,14-17H2,1-3H3,(H,24,25). The molecule has 4 heteroatoms. The average Bonchev–Trinajstić information content (AvgIpc) is 2.75. The van der Waals surface area contributed by atoms with Crippen LogP contribution in [0.5, 0.6) is 5.75 Å². The Balaban J connectivity index is 1.59. The van der Waals surface area contributed by atoms with Crippen LogP contribution in [0.25, 0.3) is 5.57 Å². The second-order valence-corrected chi connectivity index (χ2v) is 6.86. The van der Waals surface area contributed by atoms with Gasteiger partial charge in [-0.2, -0.15) is 0 Å². The molecule has 1 aliphatic heterocycles. The number of para-hydroxylation sites is 1. The zero-order valence-corrected chi connectivity index (χ0v) is 16.5. The van der Waals surface area contributed by atoms with Crippen LogP contribution in [0.15, 0.2) is 65.7 Å². The van der Waals surface area contributed by atoms with Crippen LogP contribution in [0.4, 0.5) is 0 Å². The maximum absolute atomic E-state index is 5.49. The van der Waals surface area contributed by atoms with Gasteiger partial charge >= 0.3 is 0 Å². The average molecular weight is 364 g/mol. The predicted octanol–water partition coefficient (Wildman–Crippen LogP) is 4.16. The molecule has 1 heterocycles. The molecular weight excluding hydrogens is 334 g/mol. The van der Waals surface area contributed by atoms with E-state index in [1.807, 2.05) is 19.2 Å². The lowest BCUT2D eigenvalue weighted by atomic mass is 9.99. The minimum atomic E-state index is 0.332. The number of hydrogen-bond acceptors (Lipinski definition) is 2. The first-order chi connectivity index (χ1) is 13.2. The van der Waals surface area contributed by atoms with Gasteiger partial charge in [0.15, 0.2) is 5.96 Å². The van der Waals surface area contributed by atoms with Crippen LogP contribution in [0.2, 0.25) is 0 Å². The molecule has 2 aromatic carbocycles. The van der Waals surface area contributed by atoms with Gasteiger partial charge in [0.05, 0.1) is 7.11 Å². The fourth-order valence-electron chi connectivity index (χ4n) is 3.54. The first kappa shape index (κ1) is 19.0. The molecule has 1 atom stereocenters. The molecule has 0 saturated heterocycles. The molecule has 3 rings (SSSR count). The number of nitrogens with zero attached hydrogens (tertiary/aromatic N) is 2. The largest absolute Gasteiger partial charge is 0.496 e. The minimum absolute atomic E-state index is 0.332. The van der Waals surface area contributed by atoms with Crippen molar-refractivity contribution < 1.29 is 4.74 Å². The topological polar surface area (TPSA) is 36.9 Å². The highest BCUT2D eigenvalue weighted by molar-refractivity contribution is 5.81. The zero-order valence-electron chi connectivity index (χ0n) is 16.5. The number of methoxy groups -OCH3 is 1. The summed E-state index contributed by atoms with van der Waals surface area (Å²) in [5, 5.41) is 3.53. The Morgan fingerprint density at radius 2 is 1.89 bits per heavy atom. The third-order valence-electron chi connectivity index (χ3n) is 5.10. The molecule has 0 radical (unpaired) electrons. The number of benzene rings is 2. The van der Waals surface area contributed by atoms with E-state index in [9.17, 15) is 0 Å². The summed E-state index contributed by atoms with van der Waals surface area (Å²) < 4.78 is 5.49. The third kappa shape index (κ3) is 4.70. The second kappa shape index (κ2) is 9.26. The Morgan fingerprint density at radius 3 is 2.56 bits per heavy atom. The van der Waals surface area contributed by atoms with Crippen LogP contribution in [0.3, 0.4) is 0 Å². The Bertz CT molecular complexity index is 798. The highest BCUT2D eigenvalue weighted by Gasteiger charge is 2.17. The maximum atomic E-state index is 5.49. The molecule has 142 valence electrons. The summed E-state index contributed by atoms with van der Waals surface area (Å²) >= 11 is 0. The smallest absolute Gasteiger partial charge is 0.193 e. The number of hydrogen-bond donors (Lipinski definition) is 1. The Hall–Kier alpha value is -2.75. The Kier molecular flexibility index (Phi) is 6.53. The highest BCUT2D eigenvalue weighted by atomic mass is 16.5. The van der Waals surface area contributed by atoms with Crippen LogP contribution in [0.1, 0.15) is 30.4 Å². The molecule has 0 spiro atoms. The molecule has 0 aromatic heterocycles. The molecule has 27 heavy (non-hydrogen) atoms. The molecule has 0 amide bonds. The van der Waals surface area contributed by atoms with Gasteiger partial charge in [-0.15, -0.1) is 0 Å². The number of rotatable bonds is 5. The van der Waals surface area contributed by atoms with Crippen LogP contribution < -0.4 is 10.1 Å². The molecule has 1 aliphatic rings. The van der Waals surface area contributed by atoms with Crippen LogP contribution in [-0.4, -0.2) is 44.7 Å².